The van der Waals surface area contributed by atoms with E-state index >= 15 is 0 Å². The van der Waals surface area contributed by atoms with Crippen LogP contribution in [-0.2, 0) is 0 Å². The van der Waals surface area contributed by atoms with Crippen molar-refractivity contribution >= 4 is 11.5 Å². The Morgan fingerprint density at radius 2 is 1.87 bits per heavy atom. The van der Waals surface area contributed by atoms with Gasteiger partial charge in [-0.1, -0.05) is 0 Å². The lowest BCUT2D eigenvalue weighted by atomic mass is 10.1. The molecule has 6 nitrogen and oxygen atoms in total. The minimum Gasteiger partial charge on any atom is -0.492 e. The van der Waals surface area contributed by atoms with Crippen LogP contribution in [-0.4, -0.2) is 73.2 Å². The average Bonchev–Trinajstić information content (AvgIpc) is 2.56. The van der Waals surface area contributed by atoms with E-state index in [2.05, 4.69) is 9.80 Å². The molecule has 3 N–H and O–H groups in total. The highest BCUT2D eigenvalue weighted by Gasteiger charge is 2.17. The number of aliphatic hydroxyl groups excluding tert-OH is 1. The first-order chi connectivity index (χ1) is 11.1. The maximum atomic E-state index is 12.3. The summed E-state index contributed by atoms with van der Waals surface area (Å²) in [5.74, 6) is 0.738. The van der Waals surface area contributed by atoms with Gasteiger partial charge in [0.2, 0.25) is 0 Å². The van der Waals surface area contributed by atoms with Crippen molar-refractivity contribution in [1.29, 1.82) is 0 Å². The quantitative estimate of drug-likeness (QED) is 0.546. The molecule has 0 unspecified atom stereocenters. The predicted octanol–water partition coefficient (Wildman–Crippen LogP) is 0.850. The lowest BCUT2D eigenvalue weighted by Crippen LogP contribution is -2.47. The van der Waals surface area contributed by atoms with Crippen LogP contribution in [0.2, 0.25) is 0 Å². The van der Waals surface area contributed by atoms with E-state index in [4.69, 9.17) is 15.6 Å². The summed E-state index contributed by atoms with van der Waals surface area (Å²) in [4.78, 5) is 16.8. The molecule has 0 radical (unpaired) electrons. The zero-order valence-electron chi connectivity index (χ0n) is 13.8. The van der Waals surface area contributed by atoms with Gasteiger partial charge in [-0.3, -0.25) is 9.69 Å². The number of anilines is 1. The number of carbonyl (C=O) groups excluding carboxylic acids is 1. The molecular weight excluding hydrogens is 294 g/mol. The molecular formula is C17H27N3O3. The second-order valence-electron chi connectivity index (χ2n) is 5.77. The van der Waals surface area contributed by atoms with Gasteiger partial charge >= 0.3 is 0 Å². The Morgan fingerprint density at radius 3 is 2.43 bits per heavy atom. The van der Waals surface area contributed by atoms with Crippen molar-refractivity contribution < 1.29 is 14.6 Å². The van der Waals surface area contributed by atoms with Crippen LogP contribution in [0.1, 0.15) is 23.7 Å². The summed E-state index contributed by atoms with van der Waals surface area (Å²) >= 11 is 0. The Kier molecular flexibility index (Phi) is 6.83. The summed E-state index contributed by atoms with van der Waals surface area (Å²) in [6.45, 7) is 7.94. The Morgan fingerprint density at radius 1 is 1.22 bits per heavy atom. The zero-order valence-corrected chi connectivity index (χ0v) is 13.8. The lowest BCUT2D eigenvalue weighted by molar-refractivity contribution is 0.0907. The number of rotatable bonds is 8. The fourth-order valence-corrected chi connectivity index (χ4v) is 2.79. The SMILES string of the molecule is CCOc1ccc(C(=O)CCN2CCN(CCO)CC2)cc1N. The van der Waals surface area contributed by atoms with Crippen LogP contribution in [0.15, 0.2) is 18.2 Å². The third kappa shape index (κ3) is 5.20. The molecule has 0 aromatic heterocycles. The van der Waals surface area contributed by atoms with Crippen molar-refractivity contribution in [3.63, 3.8) is 0 Å². The molecule has 1 aromatic rings. The van der Waals surface area contributed by atoms with Gasteiger partial charge in [-0.05, 0) is 25.1 Å². The van der Waals surface area contributed by atoms with E-state index in [1.54, 1.807) is 18.2 Å². The van der Waals surface area contributed by atoms with Crippen molar-refractivity contribution in [3.8, 4) is 5.75 Å². The molecule has 1 aromatic carbocycles. The molecule has 1 fully saturated rings. The van der Waals surface area contributed by atoms with Gasteiger partial charge in [0.1, 0.15) is 5.75 Å². The highest BCUT2D eigenvalue weighted by atomic mass is 16.5. The first kappa shape index (κ1) is 17.7. The number of nitrogens with zero attached hydrogens (tertiary/aromatic N) is 2. The van der Waals surface area contributed by atoms with E-state index in [0.717, 1.165) is 39.3 Å². The molecule has 1 aliphatic heterocycles. The maximum Gasteiger partial charge on any atom is 0.164 e. The summed E-state index contributed by atoms with van der Waals surface area (Å²) in [5.41, 5.74) is 7.07. The normalized spacial score (nSPS) is 16.4. The van der Waals surface area contributed by atoms with E-state index in [9.17, 15) is 4.79 Å². The minimum atomic E-state index is 0.109. The van der Waals surface area contributed by atoms with Crippen LogP contribution in [0.5, 0.6) is 5.75 Å². The number of ether oxygens (including phenoxy) is 1. The van der Waals surface area contributed by atoms with Crippen molar-refractivity contribution in [2.75, 3.05) is 58.2 Å². The zero-order chi connectivity index (χ0) is 16.7. The molecule has 1 heterocycles. The monoisotopic (exact) mass is 321 g/mol. The first-order valence-corrected chi connectivity index (χ1v) is 8.25. The number of carbonyl (C=O) groups is 1. The highest BCUT2D eigenvalue weighted by Crippen LogP contribution is 2.23. The fraction of sp³-hybridized carbons (Fsp3) is 0.588. The fourth-order valence-electron chi connectivity index (χ4n) is 2.79. The second-order valence-corrected chi connectivity index (χ2v) is 5.77. The molecule has 2 rings (SSSR count). The van der Waals surface area contributed by atoms with Gasteiger partial charge in [0, 0.05) is 51.3 Å². The number of hydrogen-bond donors (Lipinski definition) is 2. The standard InChI is InChI=1S/C17H27N3O3/c1-2-23-17-4-3-14(13-15(17)18)16(22)5-6-19-7-9-20(10-8-19)11-12-21/h3-4,13,21H,2,5-12,18H2,1H3. The molecule has 0 saturated carbocycles. The van der Waals surface area contributed by atoms with Gasteiger partial charge in [-0.25, -0.2) is 0 Å². The van der Waals surface area contributed by atoms with Crippen LogP contribution in [0, 0.1) is 0 Å². The van der Waals surface area contributed by atoms with E-state index < -0.39 is 0 Å². The van der Waals surface area contributed by atoms with Crippen molar-refractivity contribution in [3.05, 3.63) is 23.8 Å². The third-order valence-electron chi connectivity index (χ3n) is 4.17. The molecule has 0 spiro atoms. The average molecular weight is 321 g/mol. The topological polar surface area (TPSA) is 79.0 Å². The summed E-state index contributed by atoms with van der Waals surface area (Å²) < 4.78 is 5.39. The summed E-state index contributed by atoms with van der Waals surface area (Å²) in [5, 5.41) is 8.94. The number of benzene rings is 1. The van der Waals surface area contributed by atoms with E-state index in [-0.39, 0.29) is 12.4 Å². The molecule has 0 atom stereocenters. The highest BCUT2D eigenvalue weighted by molar-refractivity contribution is 5.97. The van der Waals surface area contributed by atoms with Crippen LogP contribution in [0.25, 0.3) is 0 Å². The summed E-state index contributed by atoms with van der Waals surface area (Å²) in [6.07, 6.45) is 0.493. The van der Waals surface area contributed by atoms with Gasteiger partial charge in [-0.15, -0.1) is 0 Å². The number of aliphatic hydroxyl groups is 1. The number of Topliss-reactive ketones (excluding diaryl/α,β-unsaturated/α-hetero) is 1. The van der Waals surface area contributed by atoms with Crippen LogP contribution >= 0.6 is 0 Å². The third-order valence-corrected chi connectivity index (χ3v) is 4.17. The molecule has 1 aliphatic rings. The molecule has 23 heavy (non-hydrogen) atoms. The van der Waals surface area contributed by atoms with Crippen LogP contribution in [0.4, 0.5) is 5.69 Å². The van der Waals surface area contributed by atoms with Crippen molar-refractivity contribution in [1.82, 2.24) is 9.80 Å². The maximum absolute atomic E-state index is 12.3. The number of β-amino-alcohol motifs (C(OH)–C–C–N with tert-alkyl or cyclic N) is 1. The predicted molar refractivity (Wildman–Crippen MR) is 90.9 cm³/mol. The lowest BCUT2D eigenvalue weighted by Gasteiger charge is -2.34. The Labute approximate surface area is 137 Å². The van der Waals surface area contributed by atoms with E-state index in [0.29, 0.717) is 30.0 Å². The van der Waals surface area contributed by atoms with Gasteiger partial charge in [-0.2, -0.15) is 0 Å². The summed E-state index contributed by atoms with van der Waals surface area (Å²) in [7, 11) is 0. The Hall–Kier alpha value is -1.63. The number of hydrogen-bond acceptors (Lipinski definition) is 6. The smallest absolute Gasteiger partial charge is 0.164 e. The first-order valence-electron chi connectivity index (χ1n) is 8.25. The summed E-state index contributed by atoms with van der Waals surface area (Å²) in [6, 6.07) is 5.25. The molecule has 128 valence electrons. The minimum absolute atomic E-state index is 0.109. The molecule has 0 bridgehead atoms. The van der Waals surface area contributed by atoms with Gasteiger partial charge in [0.25, 0.3) is 0 Å². The van der Waals surface area contributed by atoms with Gasteiger partial charge < -0.3 is 20.5 Å². The van der Waals surface area contributed by atoms with Gasteiger partial charge in [0.15, 0.2) is 5.78 Å². The van der Waals surface area contributed by atoms with Gasteiger partial charge in [0.05, 0.1) is 18.9 Å². The Bertz CT molecular complexity index is 514. The largest absolute Gasteiger partial charge is 0.492 e. The number of nitrogen functional groups attached to an aromatic ring is 1. The van der Waals surface area contributed by atoms with Crippen LogP contribution in [0.3, 0.4) is 0 Å². The second kappa shape index (κ2) is 8.86. The number of nitrogens with two attached hydrogens (primary N) is 1. The molecule has 0 amide bonds. The number of piperazine rings is 1. The van der Waals surface area contributed by atoms with Crippen LogP contribution < -0.4 is 10.5 Å². The van der Waals surface area contributed by atoms with E-state index in [1.807, 2.05) is 6.92 Å². The number of ketones is 1. The Balaban J connectivity index is 1.80. The molecule has 0 aliphatic carbocycles. The van der Waals surface area contributed by atoms with Crippen molar-refractivity contribution in [2.45, 2.75) is 13.3 Å². The molecule has 6 heteroatoms. The molecule has 1 saturated heterocycles. The van der Waals surface area contributed by atoms with Crippen molar-refractivity contribution in [2.24, 2.45) is 0 Å². The van der Waals surface area contributed by atoms with E-state index in [1.165, 1.54) is 0 Å².